The van der Waals surface area contributed by atoms with Crippen LogP contribution in [-0.4, -0.2) is 11.0 Å². The summed E-state index contributed by atoms with van der Waals surface area (Å²) in [5, 5.41) is 0. The van der Waals surface area contributed by atoms with Crippen LogP contribution in [0.1, 0.15) is 39.3 Å². The molecule has 1 rings (SSSR count). The number of oxazole rings is 1. The van der Waals surface area contributed by atoms with Gasteiger partial charge in [0.2, 0.25) is 0 Å². The predicted octanol–water partition coefficient (Wildman–Crippen LogP) is 2.15. The second kappa shape index (κ2) is 4.13. The molecule has 1 aromatic heterocycles. The maximum atomic E-state index is 5.68. The molecule has 0 bridgehead atoms. The normalized spacial score (nSPS) is 14.4. The van der Waals surface area contributed by atoms with Crippen molar-refractivity contribution in [2.45, 2.75) is 46.6 Å². The zero-order valence-electron chi connectivity index (χ0n) is 9.50. The number of nitrogens with two attached hydrogens (primary N) is 1. The van der Waals surface area contributed by atoms with E-state index in [4.69, 9.17) is 10.2 Å². The Hall–Kier alpha value is -0.830. The van der Waals surface area contributed by atoms with E-state index in [-0.39, 0.29) is 11.5 Å². The molecular formula is C11H20N2O. The van der Waals surface area contributed by atoms with Crippen molar-refractivity contribution < 1.29 is 4.42 Å². The maximum Gasteiger partial charge on any atom is 0.194 e. The molecule has 3 nitrogen and oxygen atoms in total. The average Bonchev–Trinajstić information content (AvgIpc) is 2.30. The van der Waals surface area contributed by atoms with Crippen molar-refractivity contribution in [3.63, 3.8) is 0 Å². The van der Waals surface area contributed by atoms with E-state index >= 15 is 0 Å². The van der Waals surface area contributed by atoms with Crippen molar-refractivity contribution in [3.05, 3.63) is 17.8 Å². The van der Waals surface area contributed by atoms with Gasteiger partial charge in [-0.2, -0.15) is 0 Å². The first kappa shape index (κ1) is 11.2. The van der Waals surface area contributed by atoms with E-state index in [0.29, 0.717) is 0 Å². The van der Waals surface area contributed by atoms with Crippen LogP contribution in [0.3, 0.4) is 0 Å². The Morgan fingerprint density at radius 2 is 2.14 bits per heavy atom. The van der Waals surface area contributed by atoms with Crippen LogP contribution in [0.4, 0.5) is 0 Å². The Morgan fingerprint density at radius 3 is 2.64 bits per heavy atom. The number of hydrogen-bond acceptors (Lipinski definition) is 3. The fraction of sp³-hybridized carbons (Fsp3) is 0.727. The number of hydrogen-bond donors (Lipinski definition) is 1. The van der Waals surface area contributed by atoms with Gasteiger partial charge >= 0.3 is 0 Å². The molecule has 0 radical (unpaired) electrons. The lowest BCUT2D eigenvalue weighted by Crippen LogP contribution is -2.18. The average molecular weight is 196 g/mol. The number of aromatic nitrogens is 1. The van der Waals surface area contributed by atoms with E-state index < -0.39 is 0 Å². The minimum absolute atomic E-state index is 0.141. The molecule has 1 unspecified atom stereocenters. The second-order valence-corrected chi connectivity index (χ2v) is 5.15. The number of nitrogens with zero attached hydrogens (tertiary/aromatic N) is 1. The second-order valence-electron chi connectivity index (χ2n) is 5.15. The minimum Gasteiger partial charge on any atom is -0.449 e. The Labute approximate surface area is 85.7 Å². The highest BCUT2D eigenvalue weighted by molar-refractivity contribution is 4.99. The smallest absolute Gasteiger partial charge is 0.194 e. The zero-order chi connectivity index (χ0) is 10.8. The molecular weight excluding hydrogens is 176 g/mol. The van der Waals surface area contributed by atoms with E-state index in [1.165, 1.54) is 0 Å². The summed E-state index contributed by atoms with van der Waals surface area (Å²) in [7, 11) is 0. The van der Waals surface area contributed by atoms with Crippen molar-refractivity contribution in [2.24, 2.45) is 11.1 Å². The molecule has 0 saturated heterocycles. The predicted molar refractivity (Wildman–Crippen MR) is 57.0 cm³/mol. The third kappa shape index (κ3) is 3.92. The first-order valence-electron chi connectivity index (χ1n) is 5.06. The maximum absolute atomic E-state index is 5.68. The van der Waals surface area contributed by atoms with Gasteiger partial charge in [0.25, 0.3) is 0 Å². The van der Waals surface area contributed by atoms with Crippen molar-refractivity contribution >= 4 is 0 Å². The third-order valence-corrected chi connectivity index (χ3v) is 1.81. The van der Waals surface area contributed by atoms with Crippen LogP contribution in [0.15, 0.2) is 10.7 Å². The summed E-state index contributed by atoms with van der Waals surface area (Å²) in [6.07, 6.45) is 3.37. The van der Waals surface area contributed by atoms with Crippen molar-refractivity contribution in [1.29, 1.82) is 0 Å². The molecule has 0 spiro atoms. The fourth-order valence-corrected chi connectivity index (χ4v) is 1.31. The van der Waals surface area contributed by atoms with Gasteiger partial charge in [-0.05, 0) is 12.3 Å². The lowest BCUT2D eigenvalue weighted by molar-refractivity contribution is 0.354. The van der Waals surface area contributed by atoms with Crippen LogP contribution >= 0.6 is 0 Å². The first-order valence-corrected chi connectivity index (χ1v) is 5.06. The Kier molecular flexibility index (Phi) is 3.32. The highest BCUT2D eigenvalue weighted by Gasteiger charge is 2.15. The molecule has 14 heavy (non-hydrogen) atoms. The van der Waals surface area contributed by atoms with E-state index in [1.54, 1.807) is 6.26 Å². The Bertz CT molecular complexity index is 284. The van der Waals surface area contributed by atoms with E-state index in [2.05, 4.69) is 25.8 Å². The minimum atomic E-state index is 0.141. The summed E-state index contributed by atoms with van der Waals surface area (Å²) < 4.78 is 5.37. The molecule has 2 N–H and O–H groups in total. The summed E-state index contributed by atoms with van der Waals surface area (Å²) in [5.74, 6) is 0.813. The molecule has 0 saturated carbocycles. The van der Waals surface area contributed by atoms with Crippen molar-refractivity contribution in [2.75, 3.05) is 0 Å². The monoisotopic (exact) mass is 196 g/mol. The summed E-state index contributed by atoms with van der Waals surface area (Å²) >= 11 is 0. The van der Waals surface area contributed by atoms with Gasteiger partial charge in [0.05, 0.1) is 5.69 Å². The molecule has 0 fully saturated rings. The molecule has 0 aliphatic carbocycles. The Morgan fingerprint density at radius 1 is 1.50 bits per heavy atom. The van der Waals surface area contributed by atoms with E-state index in [0.717, 1.165) is 24.4 Å². The van der Waals surface area contributed by atoms with Gasteiger partial charge in [0.1, 0.15) is 6.26 Å². The molecule has 1 atom stereocenters. The van der Waals surface area contributed by atoms with Gasteiger partial charge in [-0.3, -0.25) is 0 Å². The van der Waals surface area contributed by atoms with Crippen LogP contribution in [0, 0.1) is 5.41 Å². The van der Waals surface area contributed by atoms with Crippen LogP contribution in [-0.2, 0) is 12.8 Å². The van der Waals surface area contributed by atoms with Crippen molar-refractivity contribution in [3.8, 4) is 0 Å². The molecule has 0 aromatic carbocycles. The molecule has 80 valence electrons. The van der Waals surface area contributed by atoms with Crippen LogP contribution in [0.5, 0.6) is 0 Å². The van der Waals surface area contributed by atoms with E-state index in [1.807, 2.05) is 6.92 Å². The highest BCUT2D eigenvalue weighted by atomic mass is 16.3. The third-order valence-electron chi connectivity index (χ3n) is 1.81. The van der Waals surface area contributed by atoms with Crippen LogP contribution in [0.25, 0.3) is 0 Å². The summed E-state index contributed by atoms with van der Waals surface area (Å²) in [6, 6.07) is 0.141. The lowest BCUT2D eigenvalue weighted by Gasteiger charge is -2.14. The topological polar surface area (TPSA) is 52.0 Å². The quantitative estimate of drug-likeness (QED) is 0.806. The number of rotatable bonds is 3. The molecule has 0 aliphatic rings. The van der Waals surface area contributed by atoms with Crippen LogP contribution < -0.4 is 5.73 Å². The molecule has 3 heteroatoms. The largest absolute Gasteiger partial charge is 0.449 e. The standard InChI is InChI=1S/C11H20N2O/c1-8(12)5-9-7-14-10(13-9)6-11(2,3)4/h7-8H,5-6,12H2,1-4H3. The SMILES string of the molecule is CC(N)Cc1coc(CC(C)(C)C)n1. The molecule has 0 aliphatic heterocycles. The lowest BCUT2D eigenvalue weighted by atomic mass is 9.92. The van der Waals surface area contributed by atoms with Gasteiger partial charge < -0.3 is 10.2 Å². The van der Waals surface area contributed by atoms with Gasteiger partial charge in [-0.25, -0.2) is 4.98 Å². The summed E-state index contributed by atoms with van der Waals surface area (Å²) in [6.45, 7) is 8.48. The van der Waals surface area contributed by atoms with Gasteiger partial charge in [0.15, 0.2) is 5.89 Å². The molecule has 0 amide bonds. The van der Waals surface area contributed by atoms with Gasteiger partial charge in [0, 0.05) is 18.9 Å². The first-order chi connectivity index (χ1) is 6.37. The summed E-state index contributed by atoms with van der Waals surface area (Å²) in [4.78, 5) is 4.39. The summed E-state index contributed by atoms with van der Waals surface area (Å²) in [5.41, 5.74) is 6.86. The van der Waals surface area contributed by atoms with E-state index in [9.17, 15) is 0 Å². The molecule has 1 aromatic rings. The van der Waals surface area contributed by atoms with Gasteiger partial charge in [-0.15, -0.1) is 0 Å². The fourth-order valence-electron chi connectivity index (χ4n) is 1.31. The highest BCUT2D eigenvalue weighted by Crippen LogP contribution is 2.20. The molecule has 1 heterocycles. The van der Waals surface area contributed by atoms with Gasteiger partial charge in [-0.1, -0.05) is 20.8 Å². The van der Waals surface area contributed by atoms with Crippen molar-refractivity contribution in [1.82, 2.24) is 4.98 Å². The Balaban J connectivity index is 2.60. The van der Waals surface area contributed by atoms with Crippen LogP contribution in [0.2, 0.25) is 0 Å². The zero-order valence-corrected chi connectivity index (χ0v) is 9.50.